The molecule has 2 aromatic heterocycles. The van der Waals surface area contributed by atoms with Crippen LogP contribution in [-0.2, 0) is 9.53 Å². The van der Waals surface area contributed by atoms with Gasteiger partial charge < -0.3 is 9.64 Å². The number of rotatable bonds is 3. The molecule has 3 heterocycles. The van der Waals surface area contributed by atoms with Gasteiger partial charge in [0.2, 0.25) is 11.7 Å². The number of hydrogen-bond acceptors (Lipinski definition) is 6. The number of fused-ring (bicyclic) bond motifs is 1. The Morgan fingerprint density at radius 2 is 2.05 bits per heavy atom. The summed E-state index contributed by atoms with van der Waals surface area (Å²) < 4.78 is 7.01. The summed E-state index contributed by atoms with van der Waals surface area (Å²) in [6, 6.07) is 0. The minimum atomic E-state index is -0.168. The third-order valence-corrected chi connectivity index (χ3v) is 4.68. The number of aromatic nitrogens is 4. The molecule has 0 aliphatic carbocycles. The SMILES string of the molecule is Cc1c(C)n2c(SCC(=O)N3CCOCC3)nnc2[nH]c1=O. The molecule has 0 saturated carbocycles. The third kappa shape index (κ3) is 2.73. The summed E-state index contributed by atoms with van der Waals surface area (Å²) >= 11 is 1.32. The lowest BCUT2D eigenvalue weighted by Crippen LogP contribution is -2.41. The van der Waals surface area contributed by atoms with Crippen molar-refractivity contribution in [2.24, 2.45) is 0 Å². The molecule has 1 fully saturated rings. The standard InChI is InChI=1S/C13H17N5O3S/c1-8-9(2)18-12(14-11(8)20)15-16-13(18)22-7-10(19)17-3-5-21-6-4-17/h3-7H2,1-2H3,(H,14,15,20). The fourth-order valence-electron chi connectivity index (χ4n) is 2.30. The Morgan fingerprint density at radius 1 is 1.32 bits per heavy atom. The summed E-state index contributed by atoms with van der Waals surface area (Å²) in [6.45, 7) is 6.03. The van der Waals surface area contributed by atoms with Gasteiger partial charge >= 0.3 is 0 Å². The van der Waals surface area contributed by atoms with Gasteiger partial charge in [-0.2, -0.15) is 0 Å². The summed E-state index contributed by atoms with van der Waals surface area (Å²) in [5.74, 6) is 0.747. The van der Waals surface area contributed by atoms with E-state index in [9.17, 15) is 9.59 Å². The molecule has 2 aromatic rings. The second kappa shape index (κ2) is 6.09. The number of morpholine rings is 1. The second-order valence-corrected chi connectivity index (χ2v) is 6.03. The first-order chi connectivity index (χ1) is 10.6. The molecule has 1 saturated heterocycles. The van der Waals surface area contributed by atoms with Crippen LogP contribution >= 0.6 is 11.8 Å². The van der Waals surface area contributed by atoms with E-state index in [4.69, 9.17) is 4.74 Å². The predicted octanol–water partition coefficient (Wildman–Crippen LogP) is -0.0147. The van der Waals surface area contributed by atoms with Crippen LogP contribution in [0, 0.1) is 13.8 Å². The molecule has 1 N–H and O–H groups in total. The number of H-pyrrole nitrogens is 1. The van der Waals surface area contributed by atoms with Crippen LogP contribution in [0.3, 0.4) is 0 Å². The normalized spacial score (nSPS) is 15.5. The van der Waals surface area contributed by atoms with Gasteiger partial charge in [-0.1, -0.05) is 11.8 Å². The predicted molar refractivity (Wildman–Crippen MR) is 81.2 cm³/mol. The van der Waals surface area contributed by atoms with Gasteiger partial charge in [0.25, 0.3) is 5.56 Å². The van der Waals surface area contributed by atoms with Crippen molar-refractivity contribution < 1.29 is 9.53 Å². The van der Waals surface area contributed by atoms with E-state index in [1.54, 1.807) is 16.2 Å². The summed E-state index contributed by atoms with van der Waals surface area (Å²) in [5, 5.41) is 8.63. The van der Waals surface area contributed by atoms with Crippen LogP contribution in [0.5, 0.6) is 0 Å². The largest absolute Gasteiger partial charge is 0.378 e. The van der Waals surface area contributed by atoms with Crippen molar-refractivity contribution in [3.8, 4) is 0 Å². The van der Waals surface area contributed by atoms with Crippen LogP contribution in [0.1, 0.15) is 11.3 Å². The van der Waals surface area contributed by atoms with Crippen molar-refractivity contribution in [2.75, 3.05) is 32.1 Å². The maximum atomic E-state index is 12.2. The Bertz CT molecular complexity index is 763. The summed E-state index contributed by atoms with van der Waals surface area (Å²) in [7, 11) is 0. The number of carbonyl (C=O) groups excluding carboxylic acids is 1. The van der Waals surface area contributed by atoms with Gasteiger partial charge in [-0.05, 0) is 13.8 Å². The Hall–Kier alpha value is -1.87. The number of thioether (sulfide) groups is 1. The van der Waals surface area contributed by atoms with E-state index in [0.717, 1.165) is 5.69 Å². The molecule has 0 radical (unpaired) electrons. The fourth-order valence-corrected chi connectivity index (χ4v) is 3.19. The Kier molecular flexibility index (Phi) is 4.16. The van der Waals surface area contributed by atoms with Gasteiger partial charge in [-0.25, -0.2) is 0 Å². The first kappa shape index (κ1) is 15.0. The first-order valence-corrected chi connectivity index (χ1v) is 7.99. The zero-order valence-electron chi connectivity index (χ0n) is 12.5. The molecule has 1 aliphatic heterocycles. The minimum Gasteiger partial charge on any atom is -0.378 e. The molecule has 1 amide bonds. The van der Waals surface area contributed by atoms with Crippen LogP contribution < -0.4 is 5.56 Å². The van der Waals surface area contributed by atoms with Gasteiger partial charge in [0.05, 0.1) is 19.0 Å². The van der Waals surface area contributed by atoms with Crippen molar-refractivity contribution in [1.29, 1.82) is 0 Å². The summed E-state index contributed by atoms with van der Waals surface area (Å²) in [6.07, 6.45) is 0. The third-order valence-electron chi connectivity index (χ3n) is 3.77. The van der Waals surface area contributed by atoms with Gasteiger partial charge in [-0.3, -0.25) is 19.0 Å². The Balaban J connectivity index is 1.78. The van der Waals surface area contributed by atoms with Crippen molar-refractivity contribution in [3.63, 3.8) is 0 Å². The monoisotopic (exact) mass is 323 g/mol. The lowest BCUT2D eigenvalue weighted by atomic mass is 10.3. The van der Waals surface area contributed by atoms with E-state index in [-0.39, 0.29) is 11.5 Å². The molecule has 0 unspecified atom stereocenters. The van der Waals surface area contributed by atoms with Crippen LogP contribution in [0.25, 0.3) is 5.78 Å². The first-order valence-electron chi connectivity index (χ1n) is 7.01. The average molecular weight is 323 g/mol. The van der Waals surface area contributed by atoms with Crippen LogP contribution in [0.2, 0.25) is 0 Å². The number of nitrogens with zero attached hydrogens (tertiary/aromatic N) is 4. The zero-order valence-corrected chi connectivity index (χ0v) is 13.3. The molecule has 1 aliphatic rings. The van der Waals surface area contributed by atoms with Crippen molar-refractivity contribution in [1.82, 2.24) is 24.5 Å². The van der Waals surface area contributed by atoms with E-state index in [2.05, 4.69) is 15.2 Å². The molecule has 0 bridgehead atoms. The quantitative estimate of drug-likeness (QED) is 0.799. The van der Waals surface area contributed by atoms with E-state index < -0.39 is 0 Å². The summed E-state index contributed by atoms with van der Waals surface area (Å²) in [5.41, 5.74) is 1.23. The van der Waals surface area contributed by atoms with Crippen molar-refractivity contribution in [3.05, 3.63) is 21.6 Å². The van der Waals surface area contributed by atoms with Crippen LogP contribution in [-0.4, -0.2) is 62.4 Å². The average Bonchev–Trinajstić information content (AvgIpc) is 2.94. The highest BCUT2D eigenvalue weighted by Crippen LogP contribution is 2.18. The number of carbonyl (C=O) groups is 1. The smallest absolute Gasteiger partial charge is 0.255 e. The maximum Gasteiger partial charge on any atom is 0.255 e. The lowest BCUT2D eigenvalue weighted by molar-refractivity contribution is -0.132. The lowest BCUT2D eigenvalue weighted by Gasteiger charge is -2.26. The molecule has 0 atom stereocenters. The molecular weight excluding hydrogens is 306 g/mol. The summed E-state index contributed by atoms with van der Waals surface area (Å²) in [4.78, 5) is 28.4. The molecule has 3 rings (SSSR count). The Morgan fingerprint density at radius 3 is 2.77 bits per heavy atom. The Labute approximate surface area is 130 Å². The molecule has 0 aromatic carbocycles. The zero-order chi connectivity index (χ0) is 15.7. The molecular formula is C13H17N5O3S. The number of nitrogens with one attached hydrogen (secondary N) is 1. The van der Waals surface area contributed by atoms with E-state index in [1.165, 1.54) is 11.8 Å². The fraction of sp³-hybridized carbons (Fsp3) is 0.538. The van der Waals surface area contributed by atoms with Gasteiger partial charge in [0.15, 0.2) is 5.16 Å². The van der Waals surface area contributed by atoms with Crippen LogP contribution in [0.4, 0.5) is 0 Å². The maximum absolute atomic E-state index is 12.2. The van der Waals surface area contributed by atoms with E-state index in [0.29, 0.717) is 48.6 Å². The van der Waals surface area contributed by atoms with Gasteiger partial charge in [0.1, 0.15) is 0 Å². The highest BCUT2D eigenvalue weighted by atomic mass is 32.2. The van der Waals surface area contributed by atoms with Gasteiger partial charge in [-0.15, -0.1) is 10.2 Å². The van der Waals surface area contributed by atoms with Crippen LogP contribution in [0.15, 0.2) is 9.95 Å². The second-order valence-electron chi connectivity index (χ2n) is 5.09. The molecule has 9 heteroatoms. The van der Waals surface area contributed by atoms with Crippen molar-refractivity contribution >= 4 is 23.4 Å². The molecule has 22 heavy (non-hydrogen) atoms. The molecule has 8 nitrogen and oxygen atoms in total. The number of amides is 1. The van der Waals surface area contributed by atoms with Gasteiger partial charge in [0, 0.05) is 24.3 Å². The number of ether oxygens (including phenoxy) is 1. The number of aromatic amines is 1. The minimum absolute atomic E-state index is 0.0591. The highest BCUT2D eigenvalue weighted by Gasteiger charge is 2.19. The molecule has 118 valence electrons. The van der Waals surface area contributed by atoms with E-state index in [1.807, 2.05) is 6.92 Å². The van der Waals surface area contributed by atoms with E-state index >= 15 is 0 Å². The highest BCUT2D eigenvalue weighted by molar-refractivity contribution is 7.99. The number of aryl methyl sites for hydroxylation is 1. The number of hydrogen-bond donors (Lipinski definition) is 1. The molecule has 0 spiro atoms. The van der Waals surface area contributed by atoms with Crippen molar-refractivity contribution in [2.45, 2.75) is 19.0 Å². The topological polar surface area (TPSA) is 92.6 Å².